The zero-order valence-electron chi connectivity index (χ0n) is 9.28. The molecule has 2 rings (SSSR count). The van der Waals surface area contributed by atoms with Gasteiger partial charge in [-0.2, -0.15) is 0 Å². The molecule has 82 valence electrons. The smallest absolute Gasteiger partial charge is 0.0500 e. The molecule has 1 aliphatic heterocycles. The molecule has 2 heteroatoms. The van der Waals surface area contributed by atoms with Gasteiger partial charge in [-0.05, 0) is 42.4 Å². The molecule has 0 saturated carbocycles. The summed E-state index contributed by atoms with van der Waals surface area (Å²) < 4.78 is 5.52. The van der Waals surface area contributed by atoms with Crippen LogP contribution in [0.1, 0.15) is 31.2 Å². The van der Waals surface area contributed by atoms with Gasteiger partial charge in [-0.15, -0.1) is 0 Å². The monoisotopic (exact) mass is 205 g/mol. The minimum absolute atomic E-state index is 0.550. The van der Waals surface area contributed by atoms with Gasteiger partial charge in [-0.3, -0.25) is 0 Å². The lowest BCUT2D eigenvalue weighted by Crippen LogP contribution is -2.22. The van der Waals surface area contributed by atoms with Crippen molar-refractivity contribution in [2.75, 3.05) is 18.9 Å². The Balaban J connectivity index is 2.08. The maximum absolute atomic E-state index is 5.79. The van der Waals surface area contributed by atoms with E-state index in [1.807, 2.05) is 12.1 Å². The predicted molar refractivity (Wildman–Crippen MR) is 62.8 cm³/mol. The molecule has 2 atom stereocenters. The summed E-state index contributed by atoms with van der Waals surface area (Å²) in [7, 11) is 0. The van der Waals surface area contributed by atoms with Gasteiger partial charge >= 0.3 is 0 Å². The number of benzene rings is 1. The second kappa shape index (κ2) is 4.67. The summed E-state index contributed by atoms with van der Waals surface area (Å²) in [5.74, 6) is 1.20. The molecule has 1 aliphatic rings. The fraction of sp³-hybridized carbons (Fsp3) is 0.538. The van der Waals surface area contributed by atoms with Crippen LogP contribution in [-0.2, 0) is 4.74 Å². The molecule has 2 unspecified atom stereocenters. The van der Waals surface area contributed by atoms with Gasteiger partial charge in [0.25, 0.3) is 0 Å². The normalized spacial score (nSPS) is 23.7. The molecule has 2 nitrogen and oxygen atoms in total. The van der Waals surface area contributed by atoms with Crippen LogP contribution in [0.2, 0.25) is 0 Å². The molecule has 2 N–H and O–H groups in total. The molecule has 1 aromatic carbocycles. The van der Waals surface area contributed by atoms with Crippen LogP contribution in [0.5, 0.6) is 0 Å². The molecule has 0 spiro atoms. The van der Waals surface area contributed by atoms with Crippen LogP contribution in [0, 0.1) is 5.92 Å². The summed E-state index contributed by atoms with van der Waals surface area (Å²) in [5.41, 5.74) is 7.99. The second-order valence-corrected chi connectivity index (χ2v) is 4.44. The Bertz CT molecular complexity index is 318. The largest absolute Gasteiger partial charge is 0.399 e. The molecule has 0 aliphatic carbocycles. The van der Waals surface area contributed by atoms with Crippen LogP contribution in [0.4, 0.5) is 5.69 Å². The molecule has 0 bridgehead atoms. The summed E-state index contributed by atoms with van der Waals surface area (Å²) >= 11 is 0. The van der Waals surface area contributed by atoms with E-state index in [2.05, 4.69) is 19.1 Å². The molecular weight excluding hydrogens is 186 g/mol. The average Bonchev–Trinajstić information content (AvgIpc) is 2.29. The molecule has 1 aromatic rings. The number of nitrogen functional groups attached to an aromatic ring is 1. The van der Waals surface area contributed by atoms with E-state index in [1.54, 1.807) is 0 Å². The molecule has 15 heavy (non-hydrogen) atoms. The molecule has 1 heterocycles. The highest BCUT2D eigenvalue weighted by Crippen LogP contribution is 2.30. The maximum atomic E-state index is 5.79. The summed E-state index contributed by atoms with van der Waals surface area (Å²) in [5, 5.41) is 0. The third-order valence-corrected chi connectivity index (χ3v) is 3.34. The fourth-order valence-corrected chi connectivity index (χ4v) is 2.27. The Kier molecular flexibility index (Phi) is 3.27. The van der Waals surface area contributed by atoms with E-state index in [9.17, 15) is 0 Å². The van der Waals surface area contributed by atoms with Gasteiger partial charge in [0.1, 0.15) is 0 Å². The molecule has 0 amide bonds. The maximum Gasteiger partial charge on any atom is 0.0500 e. The number of ether oxygens (including phenoxy) is 1. The predicted octanol–water partition coefficient (Wildman–Crippen LogP) is 2.80. The zero-order chi connectivity index (χ0) is 10.7. The fourth-order valence-electron chi connectivity index (χ4n) is 2.27. The van der Waals surface area contributed by atoms with Crippen molar-refractivity contribution in [3.05, 3.63) is 29.8 Å². The first-order valence-corrected chi connectivity index (χ1v) is 5.70. The summed E-state index contributed by atoms with van der Waals surface area (Å²) in [6.45, 7) is 4.10. The highest BCUT2D eigenvalue weighted by atomic mass is 16.5. The number of rotatable bonds is 2. The van der Waals surface area contributed by atoms with Gasteiger partial charge in [-0.1, -0.05) is 19.1 Å². The minimum Gasteiger partial charge on any atom is -0.399 e. The van der Waals surface area contributed by atoms with Crippen molar-refractivity contribution in [2.24, 2.45) is 5.92 Å². The van der Waals surface area contributed by atoms with Gasteiger partial charge in [-0.25, -0.2) is 0 Å². The molecule has 1 saturated heterocycles. The molecular formula is C13H19NO. The van der Waals surface area contributed by atoms with Crippen molar-refractivity contribution in [2.45, 2.75) is 25.7 Å². The Morgan fingerprint density at radius 1 is 1.47 bits per heavy atom. The van der Waals surface area contributed by atoms with E-state index in [1.165, 1.54) is 18.4 Å². The van der Waals surface area contributed by atoms with Crippen molar-refractivity contribution < 1.29 is 4.74 Å². The van der Waals surface area contributed by atoms with Gasteiger partial charge in [0.15, 0.2) is 0 Å². The van der Waals surface area contributed by atoms with E-state index in [0.717, 1.165) is 18.9 Å². The topological polar surface area (TPSA) is 35.2 Å². The minimum atomic E-state index is 0.550. The average molecular weight is 205 g/mol. The van der Waals surface area contributed by atoms with Crippen molar-refractivity contribution in [1.82, 2.24) is 0 Å². The van der Waals surface area contributed by atoms with Crippen molar-refractivity contribution in [3.63, 3.8) is 0 Å². The Hall–Kier alpha value is -1.02. The lowest BCUT2D eigenvalue weighted by molar-refractivity contribution is 0.0463. The van der Waals surface area contributed by atoms with E-state index >= 15 is 0 Å². The standard InChI is InChI=1S/C13H19NO/c1-10(12-5-3-7-15-9-12)11-4-2-6-13(14)8-11/h2,4,6,8,10,12H,3,5,7,9,14H2,1H3. The number of anilines is 1. The van der Waals surface area contributed by atoms with Crippen LogP contribution in [-0.4, -0.2) is 13.2 Å². The highest BCUT2D eigenvalue weighted by molar-refractivity contribution is 5.41. The van der Waals surface area contributed by atoms with E-state index < -0.39 is 0 Å². The highest BCUT2D eigenvalue weighted by Gasteiger charge is 2.21. The number of hydrogen-bond acceptors (Lipinski definition) is 2. The van der Waals surface area contributed by atoms with Crippen LogP contribution in [0.3, 0.4) is 0 Å². The zero-order valence-corrected chi connectivity index (χ0v) is 9.28. The van der Waals surface area contributed by atoms with E-state index in [0.29, 0.717) is 11.8 Å². The van der Waals surface area contributed by atoms with Crippen LogP contribution in [0.15, 0.2) is 24.3 Å². The van der Waals surface area contributed by atoms with Gasteiger partial charge in [0, 0.05) is 18.9 Å². The molecule has 0 aromatic heterocycles. The summed E-state index contributed by atoms with van der Waals surface area (Å²) in [6.07, 6.45) is 2.47. The molecule has 0 radical (unpaired) electrons. The van der Waals surface area contributed by atoms with Crippen LogP contribution < -0.4 is 5.73 Å². The third-order valence-electron chi connectivity index (χ3n) is 3.34. The SMILES string of the molecule is CC(c1cccc(N)c1)C1CCCOC1. The first-order chi connectivity index (χ1) is 7.27. The third kappa shape index (κ3) is 2.51. The Morgan fingerprint density at radius 3 is 3.00 bits per heavy atom. The lowest BCUT2D eigenvalue weighted by atomic mass is 9.84. The van der Waals surface area contributed by atoms with E-state index in [-0.39, 0.29) is 0 Å². The van der Waals surface area contributed by atoms with Gasteiger partial charge in [0.05, 0.1) is 0 Å². The van der Waals surface area contributed by atoms with Gasteiger partial charge < -0.3 is 10.5 Å². The molecule has 1 fully saturated rings. The van der Waals surface area contributed by atoms with Crippen LogP contribution in [0.25, 0.3) is 0 Å². The Labute approximate surface area is 91.4 Å². The summed E-state index contributed by atoms with van der Waals surface area (Å²) in [4.78, 5) is 0. The Morgan fingerprint density at radius 2 is 2.33 bits per heavy atom. The van der Waals surface area contributed by atoms with E-state index in [4.69, 9.17) is 10.5 Å². The summed E-state index contributed by atoms with van der Waals surface area (Å²) in [6, 6.07) is 8.22. The van der Waals surface area contributed by atoms with Gasteiger partial charge in [0.2, 0.25) is 0 Å². The first kappa shape index (κ1) is 10.5. The second-order valence-electron chi connectivity index (χ2n) is 4.44. The first-order valence-electron chi connectivity index (χ1n) is 5.70. The lowest BCUT2D eigenvalue weighted by Gasteiger charge is -2.28. The number of nitrogens with two attached hydrogens (primary N) is 1. The number of hydrogen-bond donors (Lipinski definition) is 1. The van der Waals surface area contributed by atoms with Crippen molar-refractivity contribution in [3.8, 4) is 0 Å². The van der Waals surface area contributed by atoms with Crippen LogP contribution >= 0.6 is 0 Å². The van der Waals surface area contributed by atoms with Crippen molar-refractivity contribution in [1.29, 1.82) is 0 Å². The quantitative estimate of drug-likeness (QED) is 0.753. The van der Waals surface area contributed by atoms with Crippen molar-refractivity contribution >= 4 is 5.69 Å².